The van der Waals surface area contributed by atoms with Crippen molar-refractivity contribution in [2.24, 2.45) is 5.73 Å². The molecule has 0 aromatic heterocycles. The average Bonchev–Trinajstić information content (AvgIpc) is 1.22. The van der Waals surface area contributed by atoms with Crippen LogP contribution in [0, 0.1) is 0 Å². The second-order valence-corrected chi connectivity index (χ2v) is 46.3. The number of rotatable bonds is 2. The molecule has 2 N–H and O–H groups in total. The Balaban J connectivity index is 4.57. The van der Waals surface area contributed by atoms with Gasteiger partial charge < -0.3 is 0 Å². The van der Waals surface area contributed by atoms with Crippen molar-refractivity contribution in [2.75, 3.05) is 6.54 Å². The second-order valence-electron chi connectivity index (χ2n) is 5.91. The summed E-state index contributed by atoms with van der Waals surface area (Å²) >= 11 is -3.90. The summed E-state index contributed by atoms with van der Waals surface area (Å²) in [6, 6.07) is 0. The summed E-state index contributed by atoms with van der Waals surface area (Å²) in [4.78, 5) is 0. The number of nitrogens with two attached hydrogens (primary N) is 1. The molecule has 0 amide bonds. The molecule has 0 aliphatic heterocycles. The standard InChI is InChI=1S/C2H6N.4CH3.Hf.O/c1-2-3;;;;;;/h1-3H2;4*1H3;;. The zero-order valence-electron chi connectivity index (χ0n) is 6.90. The first-order valence-corrected chi connectivity index (χ1v) is 21.8. The zero-order chi connectivity index (χ0) is 7.82. The van der Waals surface area contributed by atoms with Crippen LogP contribution in [0.15, 0.2) is 0 Å². The fourth-order valence-electron chi connectivity index (χ4n) is 0.636. The quantitative estimate of drug-likeness (QED) is 0.794. The molecule has 0 atom stereocenters. The molecule has 0 rings (SSSR count). The van der Waals surface area contributed by atoms with Crippen LogP contribution in [0.2, 0.25) is 22.9 Å². The van der Waals surface area contributed by atoms with E-state index in [9.17, 15) is 2.85 Å². The molecule has 0 bridgehead atoms. The van der Waals surface area contributed by atoms with Gasteiger partial charge in [-0.2, -0.15) is 0 Å². The Morgan fingerprint density at radius 1 is 1.22 bits per heavy atom. The van der Waals surface area contributed by atoms with Crippen molar-refractivity contribution >= 4 is 0 Å². The maximum atomic E-state index is 12.0. The predicted octanol–water partition coefficient (Wildman–Crippen LogP) is 2.13. The Morgan fingerprint density at radius 3 is 1.56 bits per heavy atom. The summed E-state index contributed by atoms with van der Waals surface area (Å²) in [6.45, 7) is 0.546. The molecule has 2 nitrogen and oxygen atoms in total. The molecule has 0 heterocycles. The first-order chi connectivity index (χ1) is 3.54. The first kappa shape index (κ1) is 9.63. The molecular weight excluding hydrogens is 281 g/mol. The topological polar surface area (TPSA) is 43.1 Å². The van der Waals surface area contributed by atoms with Crippen LogP contribution < -0.4 is 5.73 Å². The van der Waals surface area contributed by atoms with Crippen LogP contribution in [0.5, 0.6) is 0 Å². The van der Waals surface area contributed by atoms with Crippen molar-refractivity contribution in [3.8, 4) is 0 Å². The summed E-state index contributed by atoms with van der Waals surface area (Å²) < 4.78 is 20.3. The zero-order valence-corrected chi connectivity index (χ0v) is 10.5. The van der Waals surface area contributed by atoms with E-state index in [1.165, 1.54) is 0 Å². The van der Waals surface area contributed by atoms with Gasteiger partial charge in [0.05, 0.1) is 0 Å². The van der Waals surface area contributed by atoms with Gasteiger partial charge in [0, 0.05) is 0 Å². The van der Waals surface area contributed by atoms with Gasteiger partial charge in [-0.1, -0.05) is 0 Å². The molecule has 0 radical (unpaired) electrons. The molecule has 0 saturated heterocycles. The Kier molecular flexibility index (Phi) is 1.73. The Morgan fingerprint density at radius 2 is 1.56 bits per heavy atom. The monoisotopic (exact) mass is 300 g/mol. The van der Waals surface area contributed by atoms with E-state index >= 15 is 0 Å². The van der Waals surface area contributed by atoms with Crippen molar-refractivity contribution in [3.05, 3.63) is 0 Å². The van der Waals surface area contributed by atoms with Crippen molar-refractivity contribution < 1.29 is 19.9 Å². The Bertz CT molecular complexity index is 172. The summed E-state index contributed by atoms with van der Waals surface area (Å²) in [6.07, 6.45) is 0. The molecular formula is C6H18HfNO. The predicted molar refractivity (Wildman–Crippen MR) is 38.0 cm³/mol. The Labute approximate surface area is 55.2 Å². The average molecular weight is 299 g/mol. The van der Waals surface area contributed by atoms with Crippen LogP contribution in [0.3, 0.4) is 0 Å². The van der Waals surface area contributed by atoms with Crippen LogP contribution in [0.25, 0.3) is 0 Å². The molecule has 57 valence electrons. The van der Waals surface area contributed by atoms with Crippen LogP contribution in [-0.2, 0) is 19.9 Å². The number of hydrogen-bond acceptors (Lipinski definition) is 2. The van der Waals surface area contributed by atoms with Gasteiger partial charge >= 0.3 is 55.1 Å². The summed E-state index contributed by atoms with van der Waals surface area (Å²) in [5.74, 6) is 0. The first-order valence-electron chi connectivity index (χ1n) is 3.47. The van der Waals surface area contributed by atoms with Gasteiger partial charge in [-0.25, -0.2) is 0 Å². The molecule has 0 aromatic rings. The van der Waals surface area contributed by atoms with Crippen LogP contribution >= 0.6 is 0 Å². The van der Waals surface area contributed by atoms with E-state index in [2.05, 4.69) is 0 Å². The van der Waals surface area contributed by atoms with E-state index in [-0.39, 0.29) is 0 Å². The van der Waals surface area contributed by atoms with Gasteiger partial charge in [0.1, 0.15) is 0 Å². The van der Waals surface area contributed by atoms with Crippen LogP contribution in [-0.4, -0.2) is 6.54 Å². The van der Waals surface area contributed by atoms with E-state index in [1.54, 1.807) is 0 Å². The fourth-order valence-corrected chi connectivity index (χ4v) is 5.21. The summed E-state index contributed by atoms with van der Waals surface area (Å²) in [5, 5.41) is 0. The van der Waals surface area contributed by atoms with Gasteiger partial charge in [-0.3, -0.25) is 0 Å². The minimum absolute atomic E-state index is 0.546. The molecule has 0 fully saturated rings. The normalized spacial score (nSPS) is 20.6. The molecule has 0 spiro atoms. The third-order valence-electron chi connectivity index (χ3n) is 1.25. The SMILES string of the molecule is [CH3][Hf]([CH3])([CH3])([CH3])(=[O])[CH2]CN. The van der Waals surface area contributed by atoms with Crippen LogP contribution in [0.4, 0.5) is 0 Å². The molecule has 0 unspecified atom stereocenters. The van der Waals surface area contributed by atoms with Crippen molar-refractivity contribution in [3.63, 3.8) is 0 Å². The van der Waals surface area contributed by atoms with E-state index in [0.717, 1.165) is 0 Å². The van der Waals surface area contributed by atoms with Crippen molar-refractivity contribution in [2.45, 2.75) is 22.9 Å². The van der Waals surface area contributed by atoms with E-state index in [0.29, 0.717) is 10.7 Å². The Hall–Kier alpha value is 0.630. The second kappa shape index (κ2) is 1.62. The third kappa shape index (κ3) is 8.63. The molecule has 3 heteroatoms. The van der Waals surface area contributed by atoms with E-state index in [4.69, 9.17) is 5.73 Å². The molecule has 0 aliphatic rings. The third-order valence-corrected chi connectivity index (χ3v) is 10.2. The summed E-state index contributed by atoms with van der Waals surface area (Å²) in [5.41, 5.74) is 5.34. The van der Waals surface area contributed by atoms with Crippen LogP contribution in [0.1, 0.15) is 0 Å². The van der Waals surface area contributed by atoms with Gasteiger partial charge in [-0.05, 0) is 0 Å². The number of hydrogen-bond donors (Lipinski definition) is 1. The molecule has 0 aliphatic carbocycles. The summed E-state index contributed by atoms with van der Waals surface area (Å²) in [7, 11) is 0. The van der Waals surface area contributed by atoms with Crippen molar-refractivity contribution in [1.82, 2.24) is 0 Å². The fraction of sp³-hybridized carbons (Fsp3) is 1.00. The van der Waals surface area contributed by atoms with Crippen molar-refractivity contribution in [1.29, 1.82) is 0 Å². The maximum absolute atomic E-state index is 12.0. The molecule has 9 heavy (non-hydrogen) atoms. The van der Waals surface area contributed by atoms with Gasteiger partial charge in [0.2, 0.25) is 0 Å². The molecule has 0 saturated carbocycles. The van der Waals surface area contributed by atoms with Gasteiger partial charge in [0.25, 0.3) is 0 Å². The van der Waals surface area contributed by atoms with E-state index in [1.807, 2.05) is 18.7 Å². The van der Waals surface area contributed by atoms with Gasteiger partial charge in [-0.15, -0.1) is 0 Å². The van der Waals surface area contributed by atoms with E-state index < -0.39 is 17.0 Å². The minimum atomic E-state index is -3.90. The molecule has 0 aromatic carbocycles. The van der Waals surface area contributed by atoms with Gasteiger partial charge in [0.15, 0.2) is 0 Å².